The highest BCUT2D eigenvalue weighted by atomic mass is 16.5. The van der Waals surface area contributed by atoms with Gasteiger partial charge in [-0.3, -0.25) is 4.79 Å². The first-order valence-corrected chi connectivity index (χ1v) is 7.88. The van der Waals surface area contributed by atoms with Crippen LogP contribution in [0.15, 0.2) is 42.6 Å². The number of pyridine rings is 1. The van der Waals surface area contributed by atoms with Gasteiger partial charge in [0.05, 0.1) is 11.9 Å². The molecule has 0 unspecified atom stereocenters. The van der Waals surface area contributed by atoms with Crippen molar-refractivity contribution in [2.75, 3.05) is 44.6 Å². The van der Waals surface area contributed by atoms with E-state index in [4.69, 9.17) is 4.74 Å². The van der Waals surface area contributed by atoms with Gasteiger partial charge in [-0.15, -0.1) is 0 Å². The molecular weight excluding hydrogens is 304 g/mol. The number of benzene rings is 1. The van der Waals surface area contributed by atoms with E-state index in [0.29, 0.717) is 18.8 Å². The van der Waals surface area contributed by atoms with Crippen LogP contribution in [0, 0.1) is 0 Å². The molecule has 2 N–H and O–H groups in total. The predicted molar refractivity (Wildman–Crippen MR) is 97.1 cm³/mol. The molecule has 0 saturated heterocycles. The maximum absolute atomic E-state index is 11.9. The lowest BCUT2D eigenvalue weighted by Crippen LogP contribution is -2.26. The molecule has 6 heteroatoms. The minimum absolute atomic E-state index is 0.173. The monoisotopic (exact) mass is 328 g/mol. The van der Waals surface area contributed by atoms with E-state index in [1.54, 1.807) is 19.4 Å². The van der Waals surface area contributed by atoms with Crippen LogP contribution in [0.4, 0.5) is 17.1 Å². The van der Waals surface area contributed by atoms with Crippen molar-refractivity contribution in [3.05, 3.63) is 48.3 Å². The normalized spacial score (nSPS) is 10.3. The molecule has 0 aliphatic rings. The van der Waals surface area contributed by atoms with Crippen molar-refractivity contribution < 1.29 is 9.53 Å². The maximum Gasteiger partial charge on any atom is 0.269 e. The number of methoxy groups -OCH3 is 1. The Morgan fingerprint density at radius 1 is 1.12 bits per heavy atom. The summed E-state index contributed by atoms with van der Waals surface area (Å²) >= 11 is 0. The van der Waals surface area contributed by atoms with Gasteiger partial charge in [-0.2, -0.15) is 0 Å². The SMILES string of the molecule is COCCCNC(=O)c1ccc(Nc2ccc(N(C)C)cc2)cn1. The molecule has 2 rings (SSSR count). The highest BCUT2D eigenvalue weighted by Crippen LogP contribution is 2.19. The van der Waals surface area contributed by atoms with Crippen molar-refractivity contribution >= 4 is 23.0 Å². The van der Waals surface area contributed by atoms with Gasteiger partial charge in [-0.05, 0) is 42.8 Å². The number of carbonyl (C=O) groups is 1. The molecule has 0 aliphatic heterocycles. The third-order valence-electron chi connectivity index (χ3n) is 3.48. The Labute approximate surface area is 142 Å². The predicted octanol–water partition coefficient (Wildman–Crippen LogP) is 2.66. The molecule has 1 heterocycles. The van der Waals surface area contributed by atoms with E-state index >= 15 is 0 Å². The van der Waals surface area contributed by atoms with Gasteiger partial charge in [0.15, 0.2) is 0 Å². The van der Waals surface area contributed by atoms with Crippen molar-refractivity contribution in [2.24, 2.45) is 0 Å². The van der Waals surface area contributed by atoms with E-state index in [2.05, 4.69) is 15.6 Å². The van der Waals surface area contributed by atoms with Gasteiger partial charge in [0.1, 0.15) is 5.69 Å². The van der Waals surface area contributed by atoms with Gasteiger partial charge in [-0.1, -0.05) is 0 Å². The Balaban J connectivity index is 1.90. The van der Waals surface area contributed by atoms with Crippen molar-refractivity contribution in [1.29, 1.82) is 0 Å². The summed E-state index contributed by atoms with van der Waals surface area (Å²) in [6.45, 7) is 1.20. The fourth-order valence-electron chi connectivity index (χ4n) is 2.12. The first-order chi connectivity index (χ1) is 11.6. The molecule has 1 aromatic carbocycles. The maximum atomic E-state index is 11.9. The third kappa shape index (κ3) is 5.24. The molecule has 128 valence electrons. The number of hydrogen-bond donors (Lipinski definition) is 2. The number of hydrogen-bond acceptors (Lipinski definition) is 5. The lowest BCUT2D eigenvalue weighted by Gasteiger charge is -2.13. The largest absolute Gasteiger partial charge is 0.385 e. The summed E-state index contributed by atoms with van der Waals surface area (Å²) in [5, 5.41) is 6.08. The zero-order chi connectivity index (χ0) is 17.4. The number of rotatable bonds is 8. The molecule has 1 amide bonds. The van der Waals surface area contributed by atoms with Crippen LogP contribution in [0.5, 0.6) is 0 Å². The second-order valence-corrected chi connectivity index (χ2v) is 5.60. The van der Waals surface area contributed by atoms with Crippen LogP contribution in [-0.2, 0) is 4.74 Å². The minimum atomic E-state index is -0.173. The van der Waals surface area contributed by atoms with Crippen LogP contribution in [0.1, 0.15) is 16.9 Å². The molecule has 0 bridgehead atoms. The molecule has 0 radical (unpaired) electrons. The van der Waals surface area contributed by atoms with Crippen molar-refractivity contribution in [1.82, 2.24) is 10.3 Å². The Morgan fingerprint density at radius 2 is 1.83 bits per heavy atom. The van der Waals surface area contributed by atoms with Gasteiger partial charge in [-0.25, -0.2) is 4.98 Å². The number of amides is 1. The molecule has 1 aromatic heterocycles. The van der Waals surface area contributed by atoms with E-state index in [1.807, 2.05) is 49.3 Å². The molecule has 24 heavy (non-hydrogen) atoms. The van der Waals surface area contributed by atoms with E-state index in [9.17, 15) is 4.79 Å². The lowest BCUT2D eigenvalue weighted by atomic mass is 10.2. The van der Waals surface area contributed by atoms with Crippen LogP contribution >= 0.6 is 0 Å². The Morgan fingerprint density at radius 3 is 2.42 bits per heavy atom. The highest BCUT2D eigenvalue weighted by Gasteiger charge is 2.06. The zero-order valence-electron chi connectivity index (χ0n) is 14.4. The molecule has 0 saturated carbocycles. The topological polar surface area (TPSA) is 66.5 Å². The molecule has 0 atom stereocenters. The molecular formula is C18H24N4O2. The second kappa shape index (κ2) is 8.88. The second-order valence-electron chi connectivity index (χ2n) is 5.60. The number of anilines is 3. The fourth-order valence-corrected chi connectivity index (χ4v) is 2.12. The standard InChI is InChI=1S/C18H24N4O2/c1-22(2)16-8-5-14(6-9-16)21-15-7-10-17(20-13-15)18(23)19-11-4-12-24-3/h5-10,13,21H,4,11-12H2,1-3H3,(H,19,23). The summed E-state index contributed by atoms with van der Waals surface area (Å²) in [6, 6.07) is 11.6. The summed E-state index contributed by atoms with van der Waals surface area (Å²) in [5.41, 5.74) is 3.35. The average molecular weight is 328 g/mol. The number of ether oxygens (including phenoxy) is 1. The van der Waals surface area contributed by atoms with Gasteiger partial charge in [0, 0.05) is 45.7 Å². The van der Waals surface area contributed by atoms with Crippen LogP contribution < -0.4 is 15.5 Å². The summed E-state index contributed by atoms with van der Waals surface area (Å²) in [7, 11) is 5.65. The van der Waals surface area contributed by atoms with Crippen LogP contribution in [-0.4, -0.2) is 45.2 Å². The van der Waals surface area contributed by atoms with E-state index < -0.39 is 0 Å². The summed E-state index contributed by atoms with van der Waals surface area (Å²) in [4.78, 5) is 18.2. The molecule has 0 aliphatic carbocycles. The molecule has 2 aromatic rings. The zero-order valence-corrected chi connectivity index (χ0v) is 14.4. The van der Waals surface area contributed by atoms with Crippen LogP contribution in [0.3, 0.4) is 0 Å². The number of aromatic nitrogens is 1. The Kier molecular flexibility index (Phi) is 6.57. The fraction of sp³-hybridized carbons (Fsp3) is 0.333. The molecule has 0 spiro atoms. The minimum Gasteiger partial charge on any atom is -0.385 e. The molecule has 6 nitrogen and oxygen atoms in total. The van der Waals surface area contributed by atoms with Crippen LogP contribution in [0.25, 0.3) is 0 Å². The summed E-state index contributed by atoms with van der Waals surface area (Å²) in [6.07, 6.45) is 2.44. The first-order valence-electron chi connectivity index (χ1n) is 7.88. The van der Waals surface area contributed by atoms with Crippen molar-refractivity contribution in [3.63, 3.8) is 0 Å². The quantitative estimate of drug-likeness (QED) is 0.729. The van der Waals surface area contributed by atoms with E-state index in [-0.39, 0.29) is 5.91 Å². The van der Waals surface area contributed by atoms with Crippen molar-refractivity contribution in [3.8, 4) is 0 Å². The van der Waals surface area contributed by atoms with Gasteiger partial charge < -0.3 is 20.3 Å². The average Bonchev–Trinajstić information content (AvgIpc) is 2.59. The first kappa shape index (κ1) is 17.7. The molecule has 0 fully saturated rings. The van der Waals surface area contributed by atoms with Crippen LogP contribution in [0.2, 0.25) is 0 Å². The number of nitrogens with zero attached hydrogens (tertiary/aromatic N) is 2. The van der Waals surface area contributed by atoms with E-state index in [1.165, 1.54) is 0 Å². The smallest absolute Gasteiger partial charge is 0.269 e. The number of carbonyl (C=O) groups excluding carboxylic acids is 1. The van der Waals surface area contributed by atoms with E-state index in [0.717, 1.165) is 23.5 Å². The third-order valence-corrected chi connectivity index (χ3v) is 3.48. The van der Waals surface area contributed by atoms with Gasteiger partial charge in [0.25, 0.3) is 5.91 Å². The lowest BCUT2D eigenvalue weighted by molar-refractivity contribution is 0.0943. The van der Waals surface area contributed by atoms with Crippen molar-refractivity contribution in [2.45, 2.75) is 6.42 Å². The Bertz CT molecular complexity index is 639. The van der Waals surface area contributed by atoms with Gasteiger partial charge in [0.2, 0.25) is 0 Å². The number of nitrogens with one attached hydrogen (secondary N) is 2. The Hall–Kier alpha value is -2.60. The highest BCUT2D eigenvalue weighted by molar-refractivity contribution is 5.92. The summed E-state index contributed by atoms with van der Waals surface area (Å²) < 4.78 is 4.94. The summed E-state index contributed by atoms with van der Waals surface area (Å²) in [5.74, 6) is -0.173. The van der Waals surface area contributed by atoms with Gasteiger partial charge >= 0.3 is 0 Å².